The summed E-state index contributed by atoms with van der Waals surface area (Å²) >= 11 is 0. The second-order valence-electron chi connectivity index (χ2n) is 4.22. The van der Waals surface area contributed by atoms with Crippen LogP contribution < -0.4 is 0 Å². The molecule has 2 aromatic rings. The first kappa shape index (κ1) is 10.2. The topological polar surface area (TPSA) is 19.0 Å². The van der Waals surface area contributed by atoms with E-state index in [2.05, 4.69) is 55.2 Å². The van der Waals surface area contributed by atoms with Crippen LogP contribution in [0.25, 0.3) is 10.9 Å². The molecule has 1 aromatic heterocycles. The van der Waals surface area contributed by atoms with Crippen molar-refractivity contribution in [1.29, 1.82) is 0 Å². The summed E-state index contributed by atoms with van der Waals surface area (Å²) in [6.45, 7) is 3.20. The first-order valence-corrected chi connectivity index (χ1v) is 5.45. The van der Waals surface area contributed by atoms with Gasteiger partial charge in [-0.05, 0) is 32.1 Å². The molecule has 0 aliphatic carbocycles. The highest BCUT2D eigenvalue weighted by molar-refractivity contribution is 5.84. The van der Waals surface area contributed by atoms with Gasteiger partial charge in [-0.3, -0.25) is 0 Å². The summed E-state index contributed by atoms with van der Waals surface area (Å²) in [6, 6.07) is 8.53. The summed E-state index contributed by atoms with van der Waals surface area (Å²) < 4.78 is 0. The van der Waals surface area contributed by atoms with Crippen molar-refractivity contribution in [2.45, 2.75) is 19.9 Å². The van der Waals surface area contributed by atoms with Gasteiger partial charge in [0.15, 0.2) is 0 Å². The third-order valence-electron chi connectivity index (χ3n) is 2.73. The third kappa shape index (κ3) is 1.90. The third-order valence-corrected chi connectivity index (χ3v) is 2.73. The zero-order valence-corrected chi connectivity index (χ0v) is 9.67. The lowest BCUT2D eigenvalue weighted by Crippen LogP contribution is -2.12. The van der Waals surface area contributed by atoms with Crippen LogP contribution in [0.5, 0.6) is 0 Å². The lowest BCUT2D eigenvalue weighted by Gasteiger charge is -2.09. The van der Waals surface area contributed by atoms with E-state index in [0.29, 0.717) is 0 Å². The zero-order valence-electron chi connectivity index (χ0n) is 9.67. The monoisotopic (exact) mass is 202 g/mol. The van der Waals surface area contributed by atoms with Crippen LogP contribution in [0.3, 0.4) is 0 Å². The summed E-state index contributed by atoms with van der Waals surface area (Å²) in [5, 5.41) is 1.37. The predicted molar refractivity (Wildman–Crippen MR) is 65.1 cm³/mol. The maximum atomic E-state index is 3.50. The number of benzene rings is 1. The highest BCUT2D eigenvalue weighted by atomic mass is 15.1. The molecule has 0 amide bonds. The van der Waals surface area contributed by atoms with Crippen LogP contribution in [0, 0.1) is 0 Å². The minimum Gasteiger partial charge on any atom is -0.357 e. The van der Waals surface area contributed by atoms with E-state index in [1.54, 1.807) is 0 Å². The molecule has 15 heavy (non-hydrogen) atoms. The van der Waals surface area contributed by atoms with Gasteiger partial charge in [0.1, 0.15) is 0 Å². The van der Waals surface area contributed by atoms with Crippen molar-refractivity contribution < 1.29 is 0 Å². The van der Waals surface area contributed by atoms with Crippen molar-refractivity contribution in [3.05, 3.63) is 35.5 Å². The number of hydrogen-bond donors (Lipinski definition) is 1. The standard InChI is InChI=1S/C13H18N2/c1-4-10-11-7-5-6-8-12(11)14-13(10)9-15(2)3/h5-8,14H,4,9H2,1-3H3. The normalized spacial score (nSPS) is 11.5. The molecular weight excluding hydrogens is 184 g/mol. The van der Waals surface area contributed by atoms with E-state index in [0.717, 1.165) is 13.0 Å². The Balaban J connectivity index is 2.54. The molecule has 2 nitrogen and oxygen atoms in total. The van der Waals surface area contributed by atoms with E-state index in [4.69, 9.17) is 0 Å². The molecule has 1 N–H and O–H groups in total. The molecule has 2 rings (SSSR count). The largest absolute Gasteiger partial charge is 0.357 e. The molecule has 1 aromatic carbocycles. The molecule has 80 valence electrons. The van der Waals surface area contributed by atoms with Gasteiger partial charge in [0.2, 0.25) is 0 Å². The van der Waals surface area contributed by atoms with Crippen molar-refractivity contribution in [2.75, 3.05) is 14.1 Å². The van der Waals surface area contributed by atoms with Crippen molar-refractivity contribution in [3.63, 3.8) is 0 Å². The van der Waals surface area contributed by atoms with E-state index >= 15 is 0 Å². The SMILES string of the molecule is CCc1c(CN(C)C)[nH]c2ccccc12. The van der Waals surface area contributed by atoms with Gasteiger partial charge in [0.25, 0.3) is 0 Å². The number of nitrogens with zero attached hydrogens (tertiary/aromatic N) is 1. The van der Waals surface area contributed by atoms with Crippen LogP contribution in [0.4, 0.5) is 0 Å². The number of nitrogens with one attached hydrogen (secondary N) is 1. The van der Waals surface area contributed by atoms with Crippen LogP contribution in [0.1, 0.15) is 18.2 Å². The molecule has 0 bridgehead atoms. The van der Waals surface area contributed by atoms with Gasteiger partial charge in [-0.1, -0.05) is 25.1 Å². The Morgan fingerprint density at radius 3 is 2.60 bits per heavy atom. The first-order valence-electron chi connectivity index (χ1n) is 5.45. The van der Waals surface area contributed by atoms with Crippen LogP contribution in [0.15, 0.2) is 24.3 Å². The minimum absolute atomic E-state index is 0.984. The van der Waals surface area contributed by atoms with Crippen LogP contribution in [-0.2, 0) is 13.0 Å². The Morgan fingerprint density at radius 1 is 1.20 bits per heavy atom. The fourth-order valence-corrected chi connectivity index (χ4v) is 2.11. The minimum atomic E-state index is 0.984. The van der Waals surface area contributed by atoms with E-state index in [9.17, 15) is 0 Å². The maximum Gasteiger partial charge on any atom is 0.0459 e. The summed E-state index contributed by atoms with van der Waals surface area (Å²) in [5.41, 5.74) is 4.06. The molecule has 0 saturated heterocycles. The van der Waals surface area contributed by atoms with Gasteiger partial charge in [0, 0.05) is 23.1 Å². The highest BCUT2D eigenvalue weighted by Gasteiger charge is 2.09. The second-order valence-corrected chi connectivity index (χ2v) is 4.22. The average molecular weight is 202 g/mol. The van der Waals surface area contributed by atoms with Gasteiger partial charge in [-0.15, -0.1) is 0 Å². The molecule has 0 saturated carbocycles. The quantitative estimate of drug-likeness (QED) is 0.811. The predicted octanol–water partition coefficient (Wildman–Crippen LogP) is 2.79. The number of aryl methyl sites for hydroxylation is 1. The maximum absolute atomic E-state index is 3.50. The summed E-state index contributed by atoms with van der Waals surface area (Å²) in [6.07, 6.45) is 1.09. The molecule has 0 fully saturated rings. The molecule has 0 aliphatic heterocycles. The van der Waals surface area contributed by atoms with Gasteiger partial charge in [0.05, 0.1) is 0 Å². The zero-order chi connectivity index (χ0) is 10.8. The fraction of sp³-hybridized carbons (Fsp3) is 0.385. The van der Waals surface area contributed by atoms with Gasteiger partial charge < -0.3 is 9.88 Å². The number of rotatable bonds is 3. The number of para-hydroxylation sites is 1. The number of aromatic amines is 1. The number of fused-ring (bicyclic) bond motifs is 1. The van der Waals surface area contributed by atoms with Crippen molar-refractivity contribution in [1.82, 2.24) is 9.88 Å². The van der Waals surface area contributed by atoms with Gasteiger partial charge in [-0.25, -0.2) is 0 Å². The van der Waals surface area contributed by atoms with Crippen molar-refractivity contribution in [3.8, 4) is 0 Å². The summed E-state index contributed by atoms with van der Waals surface area (Å²) in [4.78, 5) is 5.70. The van der Waals surface area contributed by atoms with Crippen LogP contribution in [0.2, 0.25) is 0 Å². The lowest BCUT2D eigenvalue weighted by molar-refractivity contribution is 0.396. The Morgan fingerprint density at radius 2 is 1.93 bits per heavy atom. The van der Waals surface area contributed by atoms with Crippen molar-refractivity contribution in [2.24, 2.45) is 0 Å². The Kier molecular flexibility index (Phi) is 2.78. The molecule has 0 atom stereocenters. The second kappa shape index (κ2) is 4.07. The number of hydrogen-bond acceptors (Lipinski definition) is 1. The number of H-pyrrole nitrogens is 1. The average Bonchev–Trinajstić information content (AvgIpc) is 2.53. The lowest BCUT2D eigenvalue weighted by atomic mass is 10.1. The van der Waals surface area contributed by atoms with Gasteiger partial charge >= 0.3 is 0 Å². The molecule has 0 aliphatic rings. The smallest absolute Gasteiger partial charge is 0.0459 e. The fourth-order valence-electron chi connectivity index (χ4n) is 2.11. The Bertz CT molecular complexity index is 455. The van der Waals surface area contributed by atoms with Crippen LogP contribution >= 0.6 is 0 Å². The molecule has 2 heteroatoms. The van der Waals surface area contributed by atoms with Gasteiger partial charge in [-0.2, -0.15) is 0 Å². The van der Waals surface area contributed by atoms with E-state index in [-0.39, 0.29) is 0 Å². The molecule has 0 spiro atoms. The van der Waals surface area contributed by atoms with E-state index in [1.807, 2.05) is 0 Å². The van der Waals surface area contributed by atoms with Crippen molar-refractivity contribution >= 4 is 10.9 Å². The molecular formula is C13H18N2. The Hall–Kier alpha value is -1.28. The first-order chi connectivity index (χ1) is 7.22. The highest BCUT2D eigenvalue weighted by Crippen LogP contribution is 2.23. The molecule has 0 unspecified atom stereocenters. The summed E-state index contributed by atoms with van der Waals surface area (Å²) in [5.74, 6) is 0. The Labute approximate surface area is 90.9 Å². The van der Waals surface area contributed by atoms with E-state index in [1.165, 1.54) is 22.2 Å². The summed E-state index contributed by atoms with van der Waals surface area (Å²) in [7, 11) is 4.20. The molecule has 0 radical (unpaired) electrons. The molecule has 1 heterocycles. The number of aromatic nitrogens is 1. The van der Waals surface area contributed by atoms with E-state index < -0.39 is 0 Å². The van der Waals surface area contributed by atoms with Crippen LogP contribution in [-0.4, -0.2) is 24.0 Å².